The van der Waals surface area contributed by atoms with Crippen LogP contribution in [0.1, 0.15) is 18.4 Å². The van der Waals surface area contributed by atoms with E-state index in [2.05, 4.69) is 5.32 Å². The smallest absolute Gasteiger partial charge is 0.173 e. The number of nitrogens with one attached hydrogen (secondary N) is 1. The molecule has 0 saturated carbocycles. The summed E-state index contributed by atoms with van der Waals surface area (Å²) >= 11 is 12.0. The number of anilines is 1. The van der Waals surface area contributed by atoms with Crippen LogP contribution in [0.25, 0.3) is 0 Å². The third kappa shape index (κ3) is 4.63. The summed E-state index contributed by atoms with van der Waals surface area (Å²) in [5, 5.41) is 14.6. The molecule has 6 heteroatoms. The highest BCUT2D eigenvalue weighted by Crippen LogP contribution is 2.28. The van der Waals surface area contributed by atoms with Gasteiger partial charge in [-0.3, -0.25) is 0 Å². The average molecular weight is 377 g/mol. The molecule has 1 saturated heterocycles. The molecule has 0 bridgehead atoms. The zero-order chi connectivity index (χ0) is 17.6. The molecule has 1 atom stereocenters. The van der Waals surface area contributed by atoms with E-state index in [4.69, 9.17) is 28.6 Å². The van der Waals surface area contributed by atoms with Crippen molar-refractivity contribution in [3.05, 3.63) is 59.1 Å². The average Bonchev–Trinajstić information content (AvgIpc) is 3.13. The molecular formula is C19H21ClN2O2S. The quantitative estimate of drug-likeness (QED) is 0.769. The van der Waals surface area contributed by atoms with Gasteiger partial charge >= 0.3 is 0 Å². The molecule has 2 N–H and O–H groups in total. The van der Waals surface area contributed by atoms with Gasteiger partial charge in [0.25, 0.3) is 0 Å². The fourth-order valence-electron chi connectivity index (χ4n) is 2.85. The van der Waals surface area contributed by atoms with Crippen molar-refractivity contribution >= 4 is 34.6 Å². The number of phenols is 1. The number of rotatable bonds is 5. The highest BCUT2D eigenvalue weighted by Gasteiger charge is 2.20. The lowest BCUT2D eigenvalue weighted by atomic mass is 10.1. The number of halogens is 1. The van der Waals surface area contributed by atoms with Crippen molar-refractivity contribution in [2.24, 2.45) is 0 Å². The van der Waals surface area contributed by atoms with Crippen molar-refractivity contribution < 1.29 is 9.84 Å². The first-order valence-corrected chi connectivity index (χ1v) is 9.12. The molecule has 0 amide bonds. The Labute approximate surface area is 158 Å². The first kappa shape index (κ1) is 18.0. The van der Waals surface area contributed by atoms with Crippen LogP contribution in [0.3, 0.4) is 0 Å². The lowest BCUT2D eigenvalue weighted by Gasteiger charge is -2.28. The standard InChI is InChI=1S/C19H21ClN2O2S/c20-16-8-2-3-9-17(16)22(13-14-6-1-4-10-18(14)23)19(25)21-12-15-7-5-11-24-15/h1-4,6,8-10,15,23H,5,7,11-13H2,(H,21,25)/t15-/m1/s1. The van der Waals surface area contributed by atoms with E-state index in [1.54, 1.807) is 12.1 Å². The van der Waals surface area contributed by atoms with E-state index in [9.17, 15) is 5.11 Å². The molecule has 0 aromatic heterocycles. The third-order valence-corrected chi connectivity index (χ3v) is 4.90. The molecule has 1 fully saturated rings. The maximum atomic E-state index is 10.1. The maximum absolute atomic E-state index is 10.1. The first-order chi connectivity index (χ1) is 12.1. The van der Waals surface area contributed by atoms with E-state index >= 15 is 0 Å². The SMILES string of the molecule is Oc1ccccc1CN(C(=S)NC[C@H]1CCCO1)c1ccccc1Cl. The molecule has 2 aromatic rings. The van der Waals surface area contributed by atoms with Gasteiger partial charge in [-0.15, -0.1) is 0 Å². The maximum Gasteiger partial charge on any atom is 0.173 e. The Morgan fingerprint density at radius 1 is 1.24 bits per heavy atom. The molecule has 0 radical (unpaired) electrons. The molecule has 3 rings (SSSR count). The molecule has 1 aliphatic heterocycles. The fourth-order valence-corrected chi connectivity index (χ4v) is 3.34. The summed E-state index contributed by atoms with van der Waals surface area (Å²) in [6.07, 6.45) is 2.32. The second-order valence-electron chi connectivity index (χ2n) is 5.99. The van der Waals surface area contributed by atoms with Gasteiger partial charge in [-0.1, -0.05) is 41.9 Å². The number of thiocarbonyl (C=S) groups is 1. The predicted octanol–water partition coefficient (Wildman–Crippen LogP) is 4.11. The second kappa shape index (κ2) is 8.52. The van der Waals surface area contributed by atoms with Crippen LogP contribution in [-0.4, -0.2) is 29.5 Å². The number of benzene rings is 2. The second-order valence-corrected chi connectivity index (χ2v) is 6.78. The number of phenolic OH excluding ortho intramolecular Hbond substituents is 1. The Morgan fingerprint density at radius 2 is 2.00 bits per heavy atom. The highest BCUT2D eigenvalue weighted by molar-refractivity contribution is 7.80. The van der Waals surface area contributed by atoms with Crippen LogP contribution in [0.2, 0.25) is 5.02 Å². The molecule has 0 aliphatic carbocycles. The van der Waals surface area contributed by atoms with Crippen LogP contribution in [0.15, 0.2) is 48.5 Å². The molecule has 1 aliphatic rings. The molecule has 0 spiro atoms. The zero-order valence-corrected chi connectivity index (χ0v) is 15.4. The summed E-state index contributed by atoms with van der Waals surface area (Å²) in [4.78, 5) is 1.90. The van der Waals surface area contributed by atoms with Crippen molar-refractivity contribution in [2.45, 2.75) is 25.5 Å². The highest BCUT2D eigenvalue weighted by atomic mass is 35.5. The summed E-state index contributed by atoms with van der Waals surface area (Å²) in [5.74, 6) is 0.237. The minimum atomic E-state index is 0.191. The van der Waals surface area contributed by atoms with E-state index in [1.807, 2.05) is 41.3 Å². The lowest BCUT2D eigenvalue weighted by Crippen LogP contribution is -2.42. The Balaban J connectivity index is 1.79. The van der Waals surface area contributed by atoms with Crippen LogP contribution < -0.4 is 10.2 Å². The molecule has 132 valence electrons. The van der Waals surface area contributed by atoms with Gasteiger partial charge < -0.3 is 20.1 Å². The molecule has 1 heterocycles. The van der Waals surface area contributed by atoms with Gasteiger partial charge in [0.1, 0.15) is 5.75 Å². The largest absolute Gasteiger partial charge is 0.508 e. The number of aromatic hydroxyl groups is 1. The van der Waals surface area contributed by atoms with Crippen molar-refractivity contribution in [3.63, 3.8) is 0 Å². The summed E-state index contributed by atoms with van der Waals surface area (Å²) in [6.45, 7) is 1.90. The Kier molecular flexibility index (Phi) is 6.13. The molecule has 0 unspecified atom stereocenters. The summed E-state index contributed by atoms with van der Waals surface area (Å²) < 4.78 is 5.64. The number of hydrogen-bond donors (Lipinski definition) is 2. The Bertz CT molecular complexity index is 735. The third-order valence-electron chi connectivity index (χ3n) is 4.21. The predicted molar refractivity (Wildman–Crippen MR) is 105 cm³/mol. The molecule has 25 heavy (non-hydrogen) atoms. The van der Waals surface area contributed by atoms with Gasteiger partial charge in [-0.05, 0) is 43.3 Å². The Hall–Kier alpha value is -1.82. The van der Waals surface area contributed by atoms with Gasteiger partial charge in [0, 0.05) is 18.7 Å². The first-order valence-electron chi connectivity index (χ1n) is 8.33. The Morgan fingerprint density at radius 3 is 2.72 bits per heavy atom. The normalized spacial score (nSPS) is 16.6. The lowest BCUT2D eigenvalue weighted by molar-refractivity contribution is 0.114. The van der Waals surface area contributed by atoms with E-state index in [0.29, 0.717) is 23.2 Å². The minimum absolute atomic E-state index is 0.191. The van der Waals surface area contributed by atoms with Crippen LogP contribution in [0.5, 0.6) is 5.75 Å². The van der Waals surface area contributed by atoms with E-state index in [1.165, 1.54) is 0 Å². The molecule has 4 nitrogen and oxygen atoms in total. The summed E-state index contributed by atoms with van der Waals surface area (Å²) in [5.41, 5.74) is 1.58. The fraction of sp³-hybridized carbons (Fsp3) is 0.316. The van der Waals surface area contributed by atoms with Crippen molar-refractivity contribution in [2.75, 3.05) is 18.1 Å². The topological polar surface area (TPSA) is 44.7 Å². The summed E-state index contributed by atoms with van der Waals surface area (Å²) in [6, 6.07) is 14.8. The monoisotopic (exact) mass is 376 g/mol. The van der Waals surface area contributed by atoms with Gasteiger partial charge in [0.2, 0.25) is 0 Å². The van der Waals surface area contributed by atoms with E-state index in [0.717, 1.165) is 30.7 Å². The number of para-hydroxylation sites is 2. The van der Waals surface area contributed by atoms with Gasteiger partial charge in [0.05, 0.1) is 23.4 Å². The van der Waals surface area contributed by atoms with Crippen LogP contribution in [0, 0.1) is 0 Å². The number of nitrogens with zero attached hydrogens (tertiary/aromatic N) is 1. The summed E-state index contributed by atoms with van der Waals surface area (Å²) in [7, 11) is 0. The van der Waals surface area contributed by atoms with Gasteiger partial charge in [-0.2, -0.15) is 0 Å². The number of ether oxygens (including phenoxy) is 1. The molecular weight excluding hydrogens is 356 g/mol. The van der Waals surface area contributed by atoms with E-state index in [-0.39, 0.29) is 11.9 Å². The van der Waals surface area contributed by atoms with Gasteiger partial charge in [0.15, 0.2) is 5.11 Å². The van der Waals surface area contributed by atoms with Crippen molar-refractivity contribution in [1.82, 2.24) is 5.32 Å². The van der Waals surface area contributed by atoms with Crippen LogP contribution in [0.4, 0.5) is 5.69 Å². The van der Waals surface area contributed by atoms with Crippen LogP contribution >= 0.6 is 23.8 Å². The zero-order valence-electron chi connectivity index (χ0n) is 13.8. The van der Waals surface area contributed by atoms with E-state index < -0.39 is 0 Å². The van der Waals surface area contributed by atoms with Crippen molar-refractivity contribution in [1.29, 1.82) is 0 Å². The minimum Gasteiger partial charge on any atom is -0.508 e. The molecule has 2 aromatic carbocycles. The van der Waals surface area contributed by atoms with Crippen molar-refractivity contribution in [3.8, 4) is 5.75 Å². The van der Waals surface area contributed by atoms with Crippen LogP contribution in [-0.2, 0) is 11.3 Å². The van der Waals surface area contributed by atoms with Gasteiger partial charge in [-0.25, -0.2) is 0 Å². The number of hydrogen-bond acceptors (Lipinski definition) is 3.